The van der Waals surface area contributed by atoms with Gasteiger partial charge in [-0.2, -0.15) is 0 Å². The Morgan fingerprint density at radius 2 is 2.11 bits per heavy atom. The number of rotatable bonds is 4. The Bertz CT molecular complexity index is 399. The third kappa shape index (κ3) is 3.07. The first-order chi connectivity index (χ1) is 8.85. The largest absolute Gasteiger partial charge is 0.376 e. The molecule has 3 nitrogen and oxygen atoms in total. The van der Waals surface area contributed by atoms with Gasteiger partial charge in [-0.25, -0.2) is 0 Å². The van der Waals surface area contributed by atoms with Crippen LogP contribution < -0.4 is 0 Å². The molecule has 1 aromatic carbocycles. The van der Waals surface area contributed by atoms with Crippen LogP contribution in [0.5, 0.6) is 0 Å². The molecule has 3 heteroatoms. The van der Waals surface area contributed by atoms with E-state index >= 15 is 0 Å². The Labute approximate surface area is 108 Å². The number of benzene rings is 1. The van der Waals surface area contributed by atoms with Crippen LogP contribution in [0.4, 0.5) is 0 Å². The van der Waals surface area contributed by atoms with Crippen molar-refractivity contribution < 1.29 is 14.2 Å². The molecule has 0 radical (unpaired) electrons. The summed E-state index contributed by atoms with van der Waals surface area (Å²) in [6.45, 7) is 4.17. The molecule has 18 heavy (non-hydrogen) atoms. The van der Waals surface area contributed by atoms with Crippen molar-refractivity contribution >= 4 is 0 Å². The van der Waals surface area contributed by atoms with Gasteiger partial charge in [-0.1, -0.05) is 55.1 Å². The minimum absolute atomic E-state index is 0.0823. The van der Waals surface area contributed by atoms with Crippen LogP contribution in [0, 0.1) is 0 Å². The van der Waals surface area contributed by atoms with Crippen LogP contribution in [0.15, 0.2) is 55.1 Å². The van der Waals surface area contributed by atoms with Crippen molar-refractivity contribution in [3.05, 3.63) is 60.7 Å². The van der Waals surface area contributed by atoms with E-state index in [9.17, 15) is 0 Å². The molecule has 2 rings (SSSR count). The predicted molar refractivity (Wildman–Crippen MR) is 70.1 cm³/mol. The second-order valence-electron chi connectivity index (χ2n) is 4.07. The summed E-state index contributed by atoms with van der Waals surface area (Å²) in [6.07, 6.45) is 5.00. The Morgan fingerprint density at radius 3 is 2.78 bits per heavy atom. The summed E-state index contributed by atoms with van der Waals surface area (Å²) in [7, 11) is 1.66. The summed E-state index contributed by atoms with van der Waals surface area (Å²) in [5.74, 6) is 0. The maximum Gasteiger partial charge on any atom is 0.184 e. The van der Waals surface area contributed by atoms with Crippen LogP contribution in [0.1, 0.15) is 11.9 Å². The molecule has 0 saturated carbocycles. The van der Waals surface area contributed by atoms with Crippen molar-refractivity contribution in [3.8, 4) is 0 Å². The number of hydrogen-bond acceptors (Lipinski definition) is 3. The smallest absolute Gasteiger partial charge is 0.184 e. The molecule has 1 saturated heterocycles. The lowest BCUT2D eigenvalue weighted by atomic mass is 10.1. The zero-order valence-electron chi connectivity index (χ0n) is 10.5. The van der Waals surface area contributed by atoms with Gasteiger partial charge in [0.1, 0.15) is 12.2 Å². The van der Waals surface area contributed by atoms with Crippen molar-refractivity contribution in [2.75, 3.05) is 13.7 Å². The second-order valence-corrected chi connectivity index (χ2v) is 4.07. The van der Waals surface area contributed by atoms with Crippen LogP contribution >= 0.6 is 0 Å². The van der Waals surface area contributed by atoms with E-state index in [1.165, 1.54) is 0 Å². The molecule has 0 unspecified atom stereocenters. The highest BCUT2D eigenvalue weighted by molar-refractivity contribution is 5.17. The first-order valence-corrected chi connectivity index (χ1v) is 5.99. The number of allylic oxidation sites excluding steroid dienone is 2. The summed E-state index contributed by atoms with van der Waals surface area (Å²) < 4.78 is 16.9. The Morgan fingerprint density at radius 1 is 1.33 bits per heavy atom. The minimum atomic E-state index is -0.336. The van der Waals surface area contributed by atoms with Crippen LogP contribution in [-0.4, -0.2) is 25.9 Å². The number of methoxy groups -OCH3 is 1. The van der Waals surface area contributed by atoms with Crippen molar-refractivity contribution in [2.45, 2.75) is 18.5 Å². The highest BCUT2D eigenvalue weighted by Gasteiger charge is 2.30. The third-order valence-electron chi connectivity index (χ3n) is 2.87. The molecule has 0 N–H and O–H groups in total. The van der Waals surface area contributed by atoms with Gasteiger partial charge in [-0.15, -0.1) is 0 Å². The maximum absolute atomic E-state index is 5.90. The molecule has 0 aliphatic carbocycles. The quantitative estimate of drug-likeness (QED) is 0.765. The molecule has 0 amide bonds. The molecule has 0 aromatic heterocycles. The van der Waals surface area contributed by atoms with E-state index < -0.39 is 0 Å². The predicted octanol–water partition coefficient (Wildman–Crippen LogP) is 2.86. The first kappa shape index (κ1) is 13.0. The Hall–Kier alpha value is -1.42. The Kier molecular flexibility index (Phi) is 4.70. The van der Waals surface area contributed by atoms with E-state index in [1.807, 2.05) is 42.5 Å². The lowest BCUT2D eigenvalue weighted by Gasteiger charge is -2.34. The van der Waals surface area contributed by atoms with E-state index in [1.54, 1.807) is 13.2 Å². The van der Waals surface area contributed by atoms with Gasteiger partial charge >= 0.3 is 0 Å². The van der Waals surface area contributed by atoms with Crippen LogP contribution in [-0.2, 0) is 14.2 Å². The summed E-state index contributed by atoms with van der Waals surface area (Å²) in [5.41, 5.74) is 1.02. The summed E-state index contributed by atoms with van der Waals surface area (Å²) in [4.78, 5) is 0. The average molecular weight is 246 g/mol. The van der Waals surface area contributed by atoms with Crippen LogP contribution in [0.3, 0.4) is 0 Å². The van der Waals surface area contributed by atoms with Gasteiger partial charge in [0.25, 0.3) is 0 Å². The lowest BCUT2D eigenvalue weighted by Crippen LogP contribution is -2.40. The van der Waals surface area contributed by atoms with Gasteiger partial charge in [0.15, 0.2) is 6.29 Å². The monoisotopic (exact) mass is 246 g/mol. The normalized spacial score (nSPS) is 28.4. The Balaban J connectivity index is 2.09. The topological polar surface area (TPSA) is 27.7 Å². The van der Waals surface area contributed by atoms with Crippen LogP contribution in [0.25, 0.3) is 0 Å². The highest BCUT2D eigenvalue weighted by Crippen LogP contribution is 2.27. The molecule has 0 bridgehead atoms. The fourth-order valence-electron chi connectivity index (χ4n) is 1.89. The number of hydrogen-bond donors (Lipinski definition) is 0. The average Bonchev–Trinajstić information content (AvgIpc) is 2.45. The minimum Gasteiger partial charge on any atom is -0.376 e. The molecule has 1 fully saturated rings. The van der Waals surface area contributed by atoms with Gasteiger partial charge in [-0.05, 0) is 0 Å². The summed E-state index contributed by atoms with van der Waals surface area (Å²) in [5, 5.41) is 0. The summed E-state index contributed by atoms with van der Waals surface area (Å²) >= 11 is 0. The van der Waals surface area contributed by atoms with E-state index in [-0.39, 0.29) is 18.5 Å². The van der Waals surface area contributed by atoms with Gasteiger partial charge in [0.05, 0.1) is 6.61 Å². The molecule has 96 valence electrons. The molecule has 1 aliphatic rings. The zero-order chi connectivity index (χ0) is 12.8. The molecule has 3 atom stereocenters. The number of ether oxygens (including phenoxy) is 3. The molecular weight excluding hydrogens is 228 g/mol. The molecule has 0 spiro atoms. The second kappa shape index (κ2) is 6.50. The van der Waals surface area contributed by atoms with Crippen molar-refractivity contribution in [3.63, 3.8) is 0 Å². The molecular formula is C15H18O3. The van der Waals surface area contributed by atoms with Gasteiger partial charge in [0.2, 0.25) is 0 Å². The fourth-order valence-corrected chi connectivity index (χ4v) is 1.89. The van der Waals surface area contributed by atoms with E-state index in [2.05, 4.69) is 6.58 Å². The van der Waals surface area contributed by atoms with Crippen molar-refractivity contribution in [2.24, 2.45) is 0 Å². The highest BCUT2D eigenvalue weighted by atomic mass is 16.7. The molecule has 1 aliphatic heterocycles. The van der Waals surface area contributed by atoms with Gasteiger partial charge in [0, 0.05) is 12.7 Å². The van der Waals surface area contributed by atoms with E-state index in [0.717, 1.165) is 5.56 Å². The van der Waals surface area contributed by atoms with Gasteiger partial charge in [-0.3, -0.25) is 0 Å². The van der Waals surface area contributed by atoms with E-state index in [0.29, 0.717) is 6.61 Å². The maximum atomic E-state index is 5.90. The van der Waals surface area contributed by atoms with Gasteiger partial charge < -0.3 is 14.2 Å². The SMILES string of the molecule is C=C/C=C/[C@@H]1O[C@H](c2ccccc2)OC[C@H]1OC. The van der Waals surface area contributed by atoms with E-state index in [4.69, 9.17) is 14.2 Å². The first-order valence-electron chi connectivity index (χ1n) is 5.99. The lowest BCUT2D eigenvalue weighted by molar-refractivity contribution is -0.248. The molecule has 1 aromatic rings. The zero-order valence-corrected chi connectivity index (χ0v) is 10.5. The van der Waals surface area contributed by atoms with Crippen molar-refractivity contribution in [1.82, 2.24) is 0 Å². The van der Waals surface area contributed by atoms with Crippen molar-refractivity contribution in [1.29, 1.82) is 0 Å². The standard InChI is InChI=1S/C15H18O3/c1-3-4-10-13-14(16-2)11-17-15(18-13)12-8-6-5-7-9-12/h3-10,13-15H,1,11H2,2H3/b10-4+/t13-,14+,15+/m0/s1. The molecule has 1 heterocycles. The fraction of sp³-hybridized carbons (Fsp3) is 0.333. The third-order valence-corrected chi connectivity index (χ3v) is 2.87. The van der Waals surface area contributed by atoms with Crippen LogP contribution in [0.2, 0.25) is 0 Å². The summed E-state index contributed by atoms with van der Waals surface area (Å²) in [6, 6.07) is 9.90.